The molecule has 0 aliphatic carbocycles. The number of benzene rings is 3. The fourth-order valence-electron chi connectivity index (χ4n) is 4.14. The van der Waals surface area contributed by atoms with Crippen LogP contribution in [0.25, 0.3) is 0 Å². The number of amides is 2. The zero-order chi connectivity index (χ0) is 28.6. The molecular formula is C30H36ClN3O4S. The van der Waals surface area contributed by atoms with E-state index < -0.39 is 28.5 Å². The van der Waals surface area contributed by atoms with Crippen LogP contribution in [-0.2, 0) is 26.2 Å². The second-order valence-corrected chi connectivity index (χ2v) is 11.9. The van der Waals surface area contributed by atoms with Crippen molar-refractivity contribution in [1.82, 2.24) is 10.2 Å². The number of rotatable bonds is 12. The summed E-state index contributed by atoms with van der Waals surface area (Å²) < 4.78 is 28.8. The monoisotopic (exact) mass is 569 g/mol. The highest BCUT2D eigenvalue weighted by Crippen LogP contribution is 2.27. The van der Waals surface area contributed by atoms with E-state index in [4.69, 9.17) is 11.6 Å². The normalized spacial score (nSPS) is 12.8. The zero-order valence-corrected chi connectivity index (χ0v) is 24.4. The lowest BCUT2D eigenvalue weighted by Gasteiger charge is -2.33. The number of anilines is 1. The Kier molecular flexibility index (Phi) is 10.5. The van der Waals surface area contributed by atoms with E-state index in [1.165, 1.54) is 23.1 Å². The van der Waals surface area contributed by atoms with E-state index in [9.17, 15) is 18.0 Å². The average Bonchev–Trinajstić information content (AvgIpc) is 2.92. The van der Waals surface area contributed by atoms with Crippen molar-refractivity contribution in [3.63, 3.8) is 0 Å². The standard InChI is InChI=1S/C30H36ClN3O4S/c1-5-23(4)32-30(36)28(6-2)33(20-24-11-8-7-9-12-24)29(35)21-34(26-14-10-13-25(31)19-26)39(37,38)27-17-15-22(3)16-18-27/h7-19,23,28H,5-6,20-21H2,1-4H3,(H,32,36)/t23-,28+/m1/s1. The van der Waals surface area contributed by atoms with Crippen LogP contribution in [0.4, 0.5) is 5.69 Å². The van der Waals surface area contributed by atoms with Crippen molar-refractivity contribution in [1.29, 1.82) is 0 Å². The van der Waals surface area contributed by atoms with Crippen LogP contribution < -0.4 is 9.62 Å². The van der Waals surface area contributed by atoms with Gasteiger partial charge in [0.1, 0.15) is 12.6 Å². The van der Waals surface area contributed by atoms with Crippen LogP contribution in [0.5, 0.6) is 0 Å². The number of sulfonamides is 1. The van der Waals surface area contributed by atoms with Crippen LogP contribution in [0.2, 0.25) is 5.02 Å². The van der Waals surface area contributed by atoms with Gasteiger partial charge in [-0.2, -0.15) is 0 Å². The Morgan fingerprint density at radius 1 is 0.923 bits per heavy atom. The summed E-state index contributed by atoms with van der Waals surface area (Å²) in [5.41, 5.74) is 2.00. The molecule has 0 unspecified atom stereocenters. The minimum atomic E-state index is -4.14. The van der Waals surface area contributed by atoms with Gasteiger partial charge >= 0.3 is 0 Å². The van der Waals surface area contributed by atoms with Crippen LogP contribution in [0.3, 0.4) is 0 Å². The van der Waals surface area contributed by atoms with E-state index in [2.05, 4.69) is 5.32 Å². The average molecular weight is 570 g/mol. The molecule has 0 fully saturated rings. The summed E-state index contributed by atoms with van der Waals surface area (Å²) in [5.74, 6) is -0.771. The molecule has 0 aliphatic heterocycles. The Labute approximate surface area is 236 Å². The number of carbonyl (C=O) groups is 2. The number of aryl methyl sites for hydroxylation is 1. The molecule has 3 rings (SSSR count). The van der Waals surface area contributed by atoms with E-state index in [1.807, 2.05) is 58.0 Å². The third-order valence-electron chi connectivity index (χ3n) is 6.57. The molecule has 0 radical (unpaired) electrons. The van der Waals surface area contributed by atoms with Crippen LogP contribution >= 0.6 is 11.6 Å². The molecule has 39 heavy (non-hydrogen) atoms. The first-order chi connectivity index (χ1) is 18.6. The van der Waals surface area contributed by atoms with Crippen molar-refractivity contribution in [2.75, 3.05) is 10.8 Å². The van der Waals surface area contributed by atoms with Crippen LogP contribution in [0.1, 0.15) is 44.7 Å². The molecule has 0 spiro atoms. The molecule has 0 bridgehead atoms. The van der Waals surface area contributed by atoms with Crippen LogP contribution in [0.15, 0.2) is 83.8 Å². The van der Waals surface area contributed by atoms with Gasteiger partial charge in [0, 0.05) is 17.6 Å². The molecule has 0 aliphatic rings. The maximum atomic E-state index is 14.0. The summed E-state index contributed by atoms with van der Waals surface area (Å²) in [7, 11) is -4.14. The number of hydrogen-bond donors (Lipinski definition) is 1. The van der Waals surface area contributed by atoms with Crippen LogP contribution in [-0.4, -0.2) is 43.8 Å². The first kappa shape index (κ1) is 30.2. The predicted molar refractivity (Wildman–Crippen MR) is 156 cm³/mol. The van der Waals surface area contributed by atoms with Crippen molar-refractivity contribution in [3.8, 4) is 0 Å². The lowest BCUT2D eigenvalue weighted by molar-refractivity contribution is -0.140. The Hall–Kier alpha value is -3.36. The first-order valence-electron chi connectivity index (χ1n) is 13.1. The highest BCUT2D eigenvalue weighted by molar-refractivity contribution is 7.92. The maximum absolute atomic E-state index is 14.0. The second-order valence-electron chi connectivity index (χ2n) is 9.55. The van der Waals surface area contributed by atoms with E-state index >= 15 is 0 Å². The second kappa shape index (κ2) is 13.6. The number of nitrogens with one attached hydrogen (secondary N) is 1. The molecule has 2 amide bonds. The van der Waals surface area contributed by atoms with Gasteiger partial charge in [0.25, 0.3) is 10.0 Å². The lowest BCUT2D eigenvalue weighted by atomic mass is 10.1. The van der Waals surface area contributed by atoms with E-state index in [0.717, 1.165) is 21.9 Å². The molecule has 2 atom stereocenters. The van der Waals surface area contributed by atoms with Crippen molar-refractivity contribution >= 4 is 39.1 Å². The van der Waals surface area contributed by atoms with Gasteiger partial charge in [0.05, 0.1) is 10.6 Å². The quantitative estimate of drug-likeness (QED) is 0.309. The summed E-state index contributed by atoms with van der Waals surface area (Å²) in [6.45, 7) is 7.23. The van der Waals surface area contributed by atoms with Crippen LogP contribution in [0, 0.1) is 6.92 Å². The Morgan fingerprint density at radius 3 is 2.18 bits per heavy atom. The smallest absolute Gasteiger partial charge is 0.264 e. The Bertz CT molecular complexity index is 1360. The summed E-state index contributed by atoms with van der Waals surface area (Å²) in [4.78, 5) is 28.8. The fraction of sp³-hybridized carbons (Fsp3) is 0.333. The van der Waals surface area contributed by atoms with Crippen molar-refractivity contribution in [2.45, 2.75) is 64.1 Å². The molecule has 0 saturated carbocycles. The minimum absolute atomic E-state index is 0.0528. The lowest BCUT2D eigenvalue weighted by Crippen LogP contribution is -2.53. The fourth-order valence-corrected chi connectivity index (χ4v) is 5.73. The molecule has 0 saturated heterocycles. The molecule has 1 N–H and O–H groups in total. The third-order valence-corrected chi connectivity index (χ3v) is 8.59. The van der Waals surface area contributed by atoms with E-state index in [-0.39, 0.29) is 29.1 Å². The van der Waals surface area contributed by atoms with Gasteiger partial charge in [-0.3, -0.25) is 13.9 Å². The van der Waals surface area contributed by atoms with Gasteiger partial charge in [-0.15, -0.1) is 0 Å². The molecule has 208 valence electrons. The molecular weight excluding hydrogens is 534 g/mol. The topological polar surface area (TPSA) is 86.8 Å². The van der Waals surface area contributed by atoms with Crippen molar-refractivity contribution < 1.29 is 18.0 Å². The van der Waals surface area contributed by atoms with Gasteiger partial charge in [0.15, 0.2) is 0 Å². The molecule has 3 aromatic carbocycles. The van der Waals surface area contributed by atoms with E-state index in [0.29, 0.717) is 11.4 Å². The van der Waals surface area contributed by atoms with Gasteiger partial charge in [-0.05, 0) is 62.6 Å². The maximum Gasteiger partial charge on any atom is 0.264 e. The van der Waals surface area contributed by atoms with Gasteiger partial charge in [-0.1, -0.05) is 79.5 Å². The van der Waals surface area contributed by atoms with Crippen molar-refractivity contribution in [2.24, 2.45) is 0 Å². The van der Waals surface area contributed by atoms with E-state index in [1.54, 1.807) is 30.3 Å². The summed E-state index contributed by atoms with van der Waals surface area (Å²) in [6.07, 6.45) is 1.11. The highest BCUT2D eigenvalue weighted by Gasteiger charge is 2.34. The summed E-state index contributed by atoms with van der Waals surface area (Å²) >= 11 is 6.22. The zero-order valence-electron chi connectivity index (χ0n) is 22.8. The predicted octanol–water partition coefficient (Wildman–Crippen LogP) is 5.57. The molecule has 0 aromatic heterocycles. The third kappa shape index (κ3) is 7.83. The number of hydrogen-bond acceptors (Lipinski definition) is 4. The Morgan fingerprint density at radius 2 is 1.59 bits per heavy atom. The molecule has 9 heteroatoms. The summed E-state index contributed by atoms with van der Waals surface area (Å²) in [6, 6.07) is 21.3. The highest BCUT2D eigenvalue weighted by atomic mass is 35.5. The summed E-state index contributed by atoms with van der Waals surface area (Å²) in [5, 5.41) is 3.31. The van der Waals surface area contributed by atoms with Gasteiger partial charge in [0.2, 0.25) is 11.8 Å². The first-order valence-corrected chi connectivity index (χ1v) is 14.9. The number of halogens is 1. The minimum Gasteiger partial charge on any atom is -0.352 e. The molecule has 0 heterocycles. The van der Waals surface area contributed by atoms with Gasteiger partial charge < -0.3 is 10.2 Å². The van der Waals surface area contributed by atoms with Crippen molar-refractivity contribution in [3.05, 3.63) is 95.0 Å². The largest absolute Gasteiger partial charge is 0.352 e. The number of nitrogens with zero attached hydrogens (tertiary/aromatic N) is 2. The molecule has 7 nitrogen and oxygen atoms in total. The number of carbonyl (C=O) groups excluding carboxylic acids is 2. The molecule has 3 aromatic rings. The SMILES string of the molecule is CC[C@@H](C)NC(=O)[C@H](CC)N(Cc1ccccc1)C(=O)CN(c1cccc(Cl)c1)S(=O)(=O)c1ccc(C)cc1. The van der Waals surface area contributed by atoms with Gasteiger partial charge in [-0.25, -0.2) is 8.42 Å². The Balaban J connectivity index is 2.04.